The molecular weight excluding hydrogens is 192 g/mol. The van der Waals surface area contributed by atoms with Gasteiger partial charge in [-0.2, -0.15) is 0 Å². The fraction of sp³-hybridized carbons (Fsp3) is 1.00. The molecule has 0 aliphatic carbocycles. The highest BCUT2D eigenvalue weighted by atomic mass is 16.5. The van der Waals surface area contributed by atoms with Crippen LogP contribution in [0.2, 0.25) is 0 Å². The van der Waals surface area contributed by atoms with Gasteiger partial charge >= 0.3 is 0 Å². The average Bonchev–Trinajstić information content (AvgIpc) is 2.22. The summed E-state index contributed by atoms with van der Waals surface area (Å²) in [5.74, 6) is -1.86. The lowest BCUT2D eigenvalue weighted by Crippen LogP contribution is -2.32. The molecule has 0 atom stereocenters. The minimum absolute atomic E-state index is 0.276. The number of rotatable bonds is 10. The van der Waals surface area contributed by atoms with Crippen molar-refractivity contribution >= 4 is 0 Å². The Morgan fingerprint density at radius 1 is 0.800 bits per heavy atom. The van der Waals surface area contributed by atoms with Crippen LogP contribution in [-0.2, 0) is 0 Å². The monoisotopic (exact) mass is 218 g/mol. The van der Waals surface area contributed by atoms with Crippen LogP contribution in [-0.4, -0.2) is 27.7 Å². The predicted octanol–water partition coefficient (Wildman–Crippen LogP) is 2.19. The Morgan fingerprint density at radius 3 is 1.73 bits per heavy atom. The molecule has 0 spiro atoms. The minimum atomic E-state index is -1.86. The summed E-state index contributed by atoms with van der Waals surface area (Å²) in [6, 6.07) is 0. The second-order valence-corrected chi connectivity index (χ2v) is 4.37. The highest BCUT2D eigenvalue weighted by molar-refractivity contribution is 4.62. The van der Waals surface area contributed by atoms with Gasteiger partial charge in [0, 0.05) is 6.42 Å². The summed E-state index contributed by atoms with van der Waals surface area (Å²) in [4.78, 5) is 0. The Labute approximate surface area is 93.1 Å². The SMILES string of the molecule is CCCCCCCCCCC(O)(O)CO. The normalized spacial score (nSPS) is 12.0. The van der Waals surface area contributed by atoms with Gasteiger partial charge in [0.2, 0.25) is 0 Å². The first-order valence-electron chi connectivity index (χ1n) is 6.18. The van der Waals surface area contributed by atoms with Crippen molar-refractivity contribution in [2.45, 2.75) is 70.5 Å². The fourth-order valence-corrected chi connectivity index (χ4v) is 1.62. The molecule has 0 fully saturated rings. The molecule has 0 bridgehead atoms. The first-order chi connectivity index (χ1) is 7.12. The molecule has 0 aromatic carbocycles. The molecule has 0 aliphatic rings. The summed E-state index contributed by atoms with van der Waals surface area (Å²) in [6.07, 6.45) is 9.67. The summed E-state index contributed by atoms with van der Waals surface area (Å²) < 4.78 is 0. The van der Waals surface area contributed by atoms with E-state index in [9.17, 15) is 0 Å². The van der Waals surface area contributed by atoms with E-state index in [0.29, 0.717) is 0 Å². The lowest BCUT2D eigenvalue weighted by Gasteiger charge is -2.18. The van der Waals surface area contributed by atoms with Crippen LogP contribution in [0.3, 0.4) is 0 Å². The van der Waals surface area contributed by atoms with Crippen molar-refractivity contribution in [2.75, 3.05) is 6.61 Å². The molecule has 0 heterocycles. The summed E-state index contributed by atoms with van der Waals surface area (Å²) >= 11 is 0. The summed E-state index contributed by atoms with van der Waals surface area (Å²) in [6.45, 7) is 1.64. The summed E-state index contributed by atoms with van der Waals surface area (Å²) in [5, 5.41) is 26.8. The quantitative estimate of drug-likeness (QED) is 0.389. The van der Waals surface area contributed by atoms with Gasteiger partial charge in [0.25, 0.3) is 0 Å². The summed E-state index contributed by atoms with van der Waals surface area (Å²) in [5.41, 5.74) is 0. The molecule has 15 heavy (non-hydrogen) atoms. The Bertz CT molecular complexity index is 135. The van der Waals surface area contributed by atoms with Crippen molar-refractivity contribution in [2.24, 2.45) is 0 Å². The van der Waals surface area contributed by atoms with Gasteiger partial charge in [-0.05, 0) is 6.42 Å². The summed E-state index contributed by atoms with van der Waals surface area (Å²) in [7, 11) is 0. The van der Waals surface area contributed by atoms with Gasteiger partial charge < -0.3 is 15.3 Å². The lowest BCUT2D eigenvalue weighted by atomic mass is 10.0. The predicted molar refractivity (Wildman–Crippen MR) is 61.5 cm³/mol. The van der Waals surface area contributed by atoms with Gasteiger partial charge in [-0.1, -0.05) is 51.9 Å². The number of aliphatic hydroxyl groups excluding tert-OH is 1. The first-order valence-corrected chi connectivity index (χ1v) is 6.18. The maximum Gasteiger partial charge on any atom is 0.186 e. The van der Waals surface area contributed by atoms with E-state index in [2.05, 4.69) is 6.92 Å². The van der Waals surface area contributed by atoms with Gasteiger partial charge in [0.1, 0.15) is 0 Å². The van der Waals surface area contributed by atoms with Crippen molar-refractivity contribution in [1.82, 2.24) is 0 Å². The van der Waals surface area contributed by atoms with Gasteiger partial charge in [-0.15, -0.1) is 0 Å². The Balaban J connectivity index is 3.11. The number of unbranched alkanes of at least 4 members (excludes halogenated alkanes) is 7. The van der Waals surface area contributed by atoms with Crippen LogP contribution in [0.5, 0.6) is 0 Å². The van der Waals surface area contributed by atoms with Crippen molar-refractivity contribution in [3.05, 3.63) is 0 Å². The van der Waals surface area contributed by atoms with Crippen LogP contribution >= 0.6 is 0 Å². The van der Waals surface area contributed by atoms with Crippen LogP contribution in [0, 0.1) is 0 Å². The van der Waals surface area contributed by atoms with Crippen molar-refractivity contribution in [3.8, 4) is 0 Å². The van der Waals surface area contributed by atoms with E-state index >= 15 is 0 Å². The van der Waals surface area contributed by atoms with Gasteiger partial charge in [-0.25, -0.2) is 0 Å². The van der Waals surface area contributed by atoms with E-state index in [0.717, 1.165) is 19.3 Å². The number of aliphatic hydroxyl groups is 3. The number of hydrogen-bond donors (Lipinski definition) is 3. The van der Waals surface area contributed by atoms with E-state index in [4.69, 9.17) is 15.3 Å². The van der Waals surface area contributed by atoms with Crippen LogP contribution in [0.4, 0.5) is 0 Å². The Hall–Kier alpha value is -0.120. The van der Waals surface area contributed by atoms with Crippen LogP contribution in [0.1, 0.15) is 64.7 Å². The average molecular weight is 218 g/mol. The Kier molecular flexibility index (Phi) is 9.06. The molecular formula is C12H26O3. The van der Waals surface area contributed by atoms with Crippen molar-refractivity contribution < 1.29 is 15.3 Å². The van der Waals surface area contributed by atoms with E-state index in [1.165, 1.54) is 32.1 Å². The number of hydrogen-bond acceptors (Lipinski definition) is 3. The maximum atomic E-state index is 9.10. The lowest BCUT2D eigenvalue weighted by molar-refractivity contribution is -0.191. The molecule has 92 valence electrons. The molecule has 0 unspecified atom stereocenters. The highest BCUT2D eigenvalue weighted by Crippen LogP contribution is 2.13. The zero-order valence-corrected chi connectivity index (χ0v) is 9.91. The second kappa shape index (κ2) is 9.13. The van der Waals surface area contributed by atoms with E-state index in [-0.39, 0.29) is 6.42 Å². The molecule has 0 amide bonds. The molecule has 0 saturated carbocycles. The van der Waals surface area contributed by atoms with Gasteiger partial charge in [0.05, 0.1) is 6.61 Å². The standard InChI is InChI=1S/C12H26O3/c1-2-3-4-5-6-7-8-9-10-12(14,15)11-13/h13-15H,2-11H2,1H3. The third-order valence-electron chi connectivity index (χ3n) is 2.68. The molecule has 0 rings (SSSR count). The topological polar surface area (TPSA) is 60.7 Å². The zero-order chi connectivity index (χ0) is 11.6. The van der Waals surface area contributed by atoms with Gasteiger partial charge in [0.15, 0.2) is 5.79 Å². The second-order valence-electron chi connectivity index (χ2n) is 4.37. The van der Waals surface area contributed by atoms with E-state index in [1.54, 1.807) is 0 Å². The van der Waals surface area contributed by atoms with Gasteiger partial charge in [-0.3, -0.25) is 0 Å². The molecule has 0 aromatic heterocycles. The van der Waals surface area contributed by atoms with Crippen LogP contribution in [0.15, 0.2) is 0 Å². The van der Waals surface area contributed by atoms with E-state index in [1.807, 2.05) is 0 Å². The molecule has 0 radical (unpaired) electrons. The fourth-order valence-electron chi connectivity index (χ4n) is 1.62. The molecule has 0 saturated heterocycles. The molecule has 0 aromatic rings. The molecule has 0 aliphatic heterocycles. The Morgan fingerprint density at radius 2 is 1.27 bits per heavy atom. The van der Waals surface area contributed by atoms with Crippen molar-refractivity contribution in [3.63, 3.8) is 0 Å². The third-order valence-corrected chi connectivity index (χ3v) is 2.68. The molecule has 3 nitrogen and oxygen atoms in total. The largest absolute Gasteiger partial charge is 0.391 e. The van der Waals surface area contributed by atoms with Crippen LogP contribution in [0.25, 0.3) is 0 Å². The first kappa shape index (κ1) is 14.9. The maximum absolute atomic E-state index is 9.10. The zero-order valence-electron chi connectivity index (χ0n) is 9.91. The highest BCUT2D eigenvalue weighted by Gasteiger charge is 2.20. The minimum Gasteiger partial charge on any atom is -0.391 e. The molecule has 3 N–H and O–H groups in total. The van der Waals surface area contributed by atoms with Crippen LogP contribution < -0.4 is 0 Å². The third kappa shape index (κ3) is 10.2. The van der Waals surface area contributed by atoms with Crippen molar-refractivity contribution in [1.29, 1.82) is 0 Å². The molecule has 3 heteroatoms. The smallest absolute Gasteiger partial charge is 0.186 e. The van der Waals surface area contributed by atoms with E-state index < -0.39 is 12.4 Å².